The van der Waals surface area contributed by atoms with Crippen molar-refractivity contribution in [2.24, 2.45) is 4.99 Å². The van der Waals surface area contributed by atoms with E-state index < -0.39 is 0 Å². The van der Waals surface area contributed by atoms with Gasteiger partial charge in [0.1, 0.15) is 0 Å². The van der Waals surface area contributed by atoms with Crippen LogP contribution in [0.4, 0.5) is 5.69 Å². The van der Waals surface area contributed by atoms with E-state index in [1.807, 2.05) is 31.3 Å². The molecule has 0 aliphatic rings. The Morgan fingerprint density at radius 2 is 1.89 bits per heavy atom. The molecule has 0 heterocycles. The summed E-state index contributed by atoms with van der Waals surface area (Å²) in [6.45, 7) is 2.31. The largest absolute Gasteiger partial charge is 0.359 e. The minimum absolute atomic E-state index is 0. The van der Waals surface area contributed by atoms with E-state index in [2.05, 4.69) is 20.9 Å². The van der Waals surface area contributed by atoms with Crippen LogP contribution in [-0.4, -0.2) is 32.5 Å². The second kappa shape index (κ2) is 9.60. The predicted octanol–water partition coefficient (Wildman–Crippen LogP) is 1.60. The van der Waals surface area contributed by atoms with Crippen LogP contribution < -0.4 is 16.0 Å². The molecule has 0 radical (unpaired) electrons. The van der Waals surface area contributed by atoms with Crippen molar-refractivity contribution in [3.8, 4) is 0 Å². The number of nitrogens with zero attached hydrogens (tertiary/aromatic N) is 1. The van der Waals surface area contributed by atoms with Crippen LogP contribution in [-0.2, 0) is 11.2 Å². The van der Waals surface area contributed by atoms with Gasteiger partial charge in [0.25, 0.3) is 0 Å². The smallest absolute Gasteiger partial charge is 0.221 e. The average molecular weight is 376 g/mol. The highest BCUT2D eigenvalue weighted by atomic mass is 127. The number of hydrogen-bond donors (Lipinski definition) is 3. The predicted molar refractivity (Wildman–Crippen MR) is 90.3 cm³/mol. The second-order valence-electron chi connectivity index (χ2n) is 3.88. The molecule has 1 aromatic carbocycles. The summed E-state index contributed by atoms with van der Waals surface area (Å²) in [7, 11) is 3.57. The van der Waals surface area contributed by atoms with E-state index in [4.69, 9.17) is 0 Å². The molecule has 19 heavy (non-hydrogen) atoms. The van der Waals surface area contributed by atoms with Crippen molar-refractivity contribution < 1.29 is 4.79 Å². The van der Waals surface area contributed by atoms with Gasteiger partial charge in [-0.2, -0.15) is 0 Å². The molecule has 106 valence electrons. The molecule has 3 N–H and O–H groups in total. The van der Waals surface area contributed by atoms with Crippen molar-refractivity contribution in [3.63, 3.8) is 0 Å². The average Bonchev–Trinajstić information content (AvgIpc) is 2.36. The number of anilines is 1. The number of nitrogens with one attached hydrogen (secondary N) is 3. The summed E-state index contributed by atoms with van der Waals surface area (Å²) < 4.78 is 0. The number of carbonyl (C=O) groups excluding carboxylic acids is 1. The van der Waals surface area contributed by atoms with E-state index in [0.29, 0.717) is 0 Å². The van der Waals surface area contributed by atoms with Crippen LogP contribution in [0.25, 0.3) is 0 Å². The van der Waals surface area contributed by atoms with Gasteiger partial charge in [0, 0.05) is 33.3 Å². The molecule has 0 spiro atoms. The van der Waals surface area contributed by atoms with Crippen LogP contribution in [0.15, 0.2) is 29.3 Å². The summed E-state index contributed by atoms with van der Waals surface area (Å²) in [6, 6.07) is 7.83. The van der Waals surface area contributed by atoms with Gasteiger partial charge in [-0.05, 0) is 24.1 Å². The molecular formula is C13H21IN4O. The molecule has 1 rings (SSSR count). The summed E-state index contributed by atoms with van der Waals surface area (Å²) in [5, 5.41) is 8.88. The Labute approximate surface area is 131 Å². The van der Waals surface area contributed by atoms with Crippen molar-refractivity contribution in [1.29, 1.82) is 0 Å². The standard InChI is InChI=1S/C13H20N4O.HI/c1-10(18)17-12-6-4-11(5-7-12)8-9-16-13(14-2)15-3;/h4-7H,8-9H2,1-3H3,(H,17,18)(H2,14,15,16);1H. The molecule has 0 aliphatic heterocycles. The summed E-state index contributed by atoms with van der Waals surface area (Å²) >= 11 is 0. The van der Waals surface area contributed by atoms with Crippen LogP contribution >= 0.6 is 24.0 Å². The number of aliphatic imine (C=N–C) groups is 1. The third kappa shape index (κ3) is 7.00. The molecule has 0 fully saturated rings. The van der Waals surface area contributed by atoms with E-state index >= 15 is 0 Å². The van der Waals surface area contributed by atoms with Crippen LogP contribution in [0.1, 0.15) is 12.5 Å². The molecule has 0 unspecified atom stereocenters. The number of amides is 1. The highest BCUT2D eigenvalue weighted by molar-refractivity contribution is 14.0. The lowest BCUT2D eigenvalue weighted by atomic mass is 10.1. The van der Waals surface area contributed by atoms with Gasteiger partial charge in [0.05, 0.1) is 0 Å². The van der Waals surface area contributed by atoms with Gasteiger partial charge in [-0.25, -0.2) is 0 Å². The van der Waals surface area contributed by atoms with Crippen LogP contribution in [0, 0.1) is 0 Å². The summed E-state index contributed by atoms with van der Waals surface area (Å²) in [6.07, 6.45) is 0.904. The van der Waals surface area contributed by atoms with Crippen LogP contribution in [0.5, 0.6) is 0 Å². The maximum atomic E-state index is 10.9. The quantitative estimate of drug-likeness (QED) is 0.425. The lowest BCUT2D eigenvalue weighted by Gasteiger charge is -2.08. The topological polar surface area (TPSA) is 65.5 Å². The zero-order valence-corrected chi connectivity index (χ0v) is 13.8. The van der Waals surface area contributed by atoms with Gasteiger partial charge in [-0.15, -0.1) is 24.0 Å². The Balaban J connectivity index is 0.00000324. The highest BCUT2D eigenvalue weighted by Gasteiger charge is 1.97. The van der Waals surface area contributed by atoms with Gasteiger partial charge in [-0.1, -0.05) is 12.1 Å². The molecule has 1 amide bonds. The fourth-order valence-corrected chi connectivity index (χ4v) is 1.56. The van der Waals surface area contributed by atoms with E-state index in [-0.39, 0.29) is 29.9 Å². The zero-order valence-electron chi connectivity index (χ0n) is 11.5. The lowest BCUT2D eigenvalue weighted by molar-refractivity contribution is -0.114. The Hall–Kier alpha value is -1.31. The maximum Gasteiger partial charge on any atom is 0.221 e. The first-order valence-corrected chi connectivity index (χ1v) is 5.90. The van der Waals surface area contributed by atoms with E-state index in [9.17, 15) is 4.79 Å². The second-order valence-corrected chi connectivity index (χ2v) is 3.88. The van der Waals surface area contributed by atoms with E-state index in [1.165, 1.54) is 12.5 Å². The Morgan fingerprint density at radius 3 is 2.37 bits per heavy atom. The molecule has 0 aromatic heterocycles. The fourth-order valence-electron chi connectivity index (χ4n) is 1.56. The Bertz CT molecular complexity index is 417. The van der Waals surface area contributed by atoms with Gasteiger partial charge in [-0.3, -0.25) is 9.79 Å². The number of halogens is 1. The van der Waals surface area contributed by atoms with Crippen LogP contribution in [0.2, 0.25) is 0 Å². The van der Waals surface area contributed by atoms with Gasteiger partial charge < -0.3 is 16.0 Å². The molecule has 0 saturated heterocycles. The van der Waals surface area contributed by atoms with Crippen molar-refractivity contribution in [2.45, 2.75) is 13.3 Å². The minimum atomic E-state index is -0.0535. The zero-order chi connectivity index (χ0) is 13.4. The summed E-state index contributed by atoms with van der Waals surface area (Å²) in [5.41, 5.74) is 2.04. The SMILES string of the molecule is CN=C(NC)NCCc1ccc(NC(C)=O)cc1.I. The maximum absolute atomic E-state index is 10.9. The number of hydrogen-bond acceptors (Lipinski definition) is 2. The van der Waals surface area contributed by atoms with Crippen molar-refractivity contribution in [3.05, 3.63) is 29.8 Å². The summed E-state index contributed by atoms with van der Waals surface area (Å²) in [5.74, 6) is 0.729. The van der Waals surface area contributed by atoms with Crippen molar-refractivity contribution in [2.75, 3.05) is 26.0 Å². The molecular weight excluding hydrogens is 355 g/mol. The van der Waals surface area contributed by atoms with Crippen molar-refractivity contribution >= 4 is 41.5 Å². The third-order valence-corrected chi connectivity index (χ3v) is 2.44. The first kappa shape index (κ1) is 17.7. The molecule has 0 atom stereocenters. The monoisotopic (exact) mass is 376 g/mol. The minimum Gasteiger partial charge on any atom is -0.359 e. The highest BCUT2D eigenvalue weighted by Crippen LogP contribution is 2.09. The fraction of sp³-hybridized carbons (Fsp3) is 0.385. The van der Waals surface area contributed by atoms with Crippen LogP contribution in [0.3, 0.4) is 0 Å². The van der Waals surface area contributed by atoms with E-state index in [0.717, 1.165) is 24.6 Å². The molecule has 0 saturated carbocycles. The number of guanidine groups is 1. The Kier molecular flexibility index (Phi) is 8.94. The Morgan fingerprint density at radius 1 is 1.26 bits per heavy atom. The first-order chi connectivity index (χ1) is 8.65. The van der Waals surface area contributed by atoms with Gasteiger partial charge in [0.15, 0.2) is 5.96 Å². The molecule has 1 aromatic rings. The van der Waals surface area contributed by atoms with Crippen molar-refractivity contribution in [1.82, 2.24) is 10.6 Å². The molecule has 5 nitrogen and oxygen atoms in total. The number of carbonyl (C=O) groups is 1. The molecule has 0 bridgehead atoms. The molecule has 6 heteroatoms. The first-order valence-electron chi connectivity index (χ1n) is 5.90. The number of rotatable bonds is 4. The molecule has 0 aliphatic carbocycles. The van der Waals surface area contributed by atoms with E-state index in [1.54, 1.807) is 7.05 Å². The normalized spacial score (nSPS) is 10.4. The van der Waals surface area contributed by atoms with Gasteiger partial charge in [0.2, 0.25) is 5.91 Å². The number of benzene rings is 1. The lowest BCUT2D eigenvalue weighted by Crippen LogP contribution is -2.35. The van der Waals surface area contributed by atoms with Gasteiger partial charge >= 0.3 is 0 Å². The third-order valence-electron chi connectivity index (χ3n) is 2.44. The summed E-state index contributed by atoms with van der Waals surface area (Å²) in [4.78, 5) is 14.9.